The van der Waals surface area contributed by atoms with Crippen LogP contribution in [0.1, 0.15) is 16.7 Å². The lowest BCUT2D eigenvalue weighted by Crippen LogP contribution is -2.30. The number of nitrogens with one attached hydrogen (secondary N) is 1. The van der Waals surface area contributed by atoms with Gasteiger partial charge in [0.15, 0.2) is 6.61 Å². The van der Waals surface area contributed by atoms with E-state index in [1.165, 1.54) is 4.31 Å². The van der Waals surface area contributed by atoms with Crippen molar-refractivity contribution in [1.82, 2.24) is 0 Å². The molecule has 6 nitrogen and oxygen atoms in total. The molecule has 4 aromatic carbocycles. The SMILES string of the molecule is Cc1ccc(S(=O)(=O)N(Cc2ccccc2)c2ccc(OCC(=O)Nc3cccc(Cl)c3C)cc2)cc1. The Hall–Kier alpha value is -3.81. The van der Waals surface area contributed by atoms with Gasteiger partial charge in [-0.25, -0.2) is 8.42 Å². The third kappa shape index (κ3) is 6.50. The Bertz CT molecular complexity index is 1470. The van der Waals surface area contributed by atoms with Gasteiger partial charge in [-0.05, 0) is 73.5 Å². The van der Waals surface area contributed by atoms with E-state index in [0.717, 1.165) is 16.7 Å². The molecule has 0 saturated carbocycles. The Morgan fingerprint density at radius 3 is 2.22 bits per heavy atom. The van der Waals surface area contributed by atoms with Gasteiger partial charge < -0.3 is 10.1 Å². The third-order valence-corrected chi connectivity index (χ3v) is 8.01. The van der Waals surface area contributed by atoms with E-state index in [0.29, 0.717) is 22.1 Å². The smallest absolute Gasteiger partial charge is 0.264 e. The molecular formula is C29H27ClN2O4S. The first-order valence-electron chi connectivity index (χ1n) is 11.7. The Morgan fingerprint density at radius 2 is 1.54 bits per heavy atom. The van der Waals surface area contributed by atoms with Crippen LogP contribution in [0.2, 0.25) is 5.02 Å². The fraction of sp³-hybridized carbons (Fsp3) is 0.138. The van der Waals surface area contributed by atoms with Gasteiger partial charge in [0.25, 0.3) is 15.9 Å². The molecule has 0 aliphatic heterocycles. The number of amides is 1. The lowest BCUT2D eigenvalue weighted by Gasteiger charge is -2.25. The Kier molecular flexibility index (Phi) is 8.16. The van der Waals surface area contributed by atoms with Gasteiger partial charge in [-0.15, -0.1) is 0 Å². The van der Waals surface area contributed by atoms with E-state index in [9.17, 15) is 13.2 Å². The molecule has 0 saturated heterocycles. The van der Waals surface area contributed by atoms with Crippen molar-refractivity contribution >= 4 is 38.9 Å². The standard InChI is InChI=1S/C29H27ClN2O4S/c1-21-11-17-26(18-12-21)37(34,35)32(19-23-7-4-3-5-8-23)24-13-15-25(16-14-24)36-20-29(33)31-28-10-6-9-27(30)22(28)2/h3-18H,19-20H2,1-2H3,(H,31,33). The van der Waals surface area contributed by atoms with Crippen molar-refractivity contribution in [3.63, 3.8) is 0 Å². The molecule has 1 amide bonds. The van der Waals surface area contributed by atoms with Crippen LogP contribution >= 0.6 is 11.6 Å². The van der Waals surface area contributed by atoms with Crippen LogP contribution in [0.3, 0.4) is 0 Å². The molecule has 0 aliphatic rings. The minimum absolute atomic E-state index is 0.165. The molecular weight excluding hydrogens is 508 g/mol. The highest BCUT2D eigenvalue weighted by Crippen LogP contribution is 2.28. The molecule has 0 aromatic heterocycles. The summed E-state index contributed by atoms with van der Waals surface area (Å²) in [7, 11) is -3.83. The topological polar surface area (TPSA) is 75.7 Å². The molecule has 0 bridgehead atoms. The molecule has 0 aliphatic carbocycles. The van der Waals surface area contributed by atoms with E-state index in [1.807, 2.05) is 44.2 Å². The average Bonchev–Trinajstić information content (AvgIpc) is 2.90. The van der Waals surface area contributed by atoms with E-state index in [4.69, 9.17) is 16.3 Å². The quantitative estimate of drug-likeness (QED) is 0.271. The fourth-order valence-corrected chi connectivity index (χ4v) is 5.32. The zero-order valence-corrected chi connectivity index (χ0v) is 22.1. The van der Waals surface area contributed by atoms with Gasteiger partial charge in [0.2, 0.25) is 0 Å². The van der Waals surface area contributed by atoms with Crippen molar-refractivity contribution in [2.75, 3.05) is 16.2 Å². The molecule has 0 heterocycles. The summed E-state index contributed by atoms with van der Waals surface area (Å²) in [5, 5.41) is 3.35. The lowest BCUT2D eigenvalue weighted by molar-refractivity contribution is -0.118. The number of halogens is 1. The van der Waals surface area contributed by atoms with Crippen LogP contribution in [0.15, 0.2) is 102 Å². The number of benzene rings is 4. The molecule has 0 unspecified atom stereocenters. The molecule has 1 N–H and O–H groups in total. The summed E-state index contributed by atoms with van der Waals surface area (Å²) in [6.07, 6.45) is 0. The number of carbonyl (C=O) groups is 1. The van der Waals surface area contributed by atoms with Crippen LogP contribution < -0.4 is 14.4 Å². The fourth-order valence-electron chi connectivity index (χ4n) is 3.69. The van der Waals surface area contributed by atoms with Crippen LogP contribution in [0.4, 0.5) is 11.4 Å². The molecule has 4 rings (SSSR count). The Labute approximate surface area is 222 Å². The maximum atomic E-state index is 13.6. The molecule has 0 spiro atoms. The van der Waals surface area contributed by atoms with Gasteiger partial charge in [0, 0.05) is 10.7 Å². The van der Waals surface area contributed by atoms with Gasteiger partial charge in [-0.2, -0.15) is 0 Å². The van der Waals surface area contributed by atoms with Crippen LogP contribution in [-0.2, 0) is 21.4 Å². The van der Waals surface area contributed by atoms with Gasteiger partial charge >= 0.3 is 0 Å². The monoisotopic (exact) mass is 534 g/mol. The average molecular weight is 535 g/mol. The van der Waals surface area contributed by atoms with E-state index >= 15 is 0 Å². The highest BCUT2D eigenvalue weighted by Gasteiger charge is 2.25. The Morgan fingerprint density at radius 1 is 0.865 bits per heavy atom. The van der Waals surface area contributed by atoms with E-state index in [-0.39, 0.29) is 24.0 Å². The summed E-state index contributed by atoms with van der Waals surface area (Å²) in [6.45, 7) is 3.69. The number of hydrogen-bond donors (Lipinski definition) is 1. The normalized spacial score (nSPS) is 11.1. The molecule has 0 radical (unpaired) electrons. The van der Waals surface area contributed by atoms with Crippen LogP contribution in [0, 0.1) is 13.8 Å². The summed E-state index contributed by atoms with van der Waals surface area (Å²) >= 11 is 6.11. The zero-order valence-electron chi connectivity index (χ0n) is 20.5. The first kappa shape index (κ1) is 26.3. The minimum atomic E-state index is -3.83. The van der Waals surface area contributed by atoms with Crippen molar-refractivity contribution in [2.24, 2.45) is 0 Å². The number of ether oxygens (including phenoxy) is 1. The van der Waals surface area contributed by atoms with E-state index < -0.39 is 10.0 Å². The maximum Gasteiger partial charge on any atom is 0.264 e. The molecule has 4 aromatic rings. The summed E-state index contributed by atoms with van der Waals surface area (Å²) in [5.74, 6) is 0.108. The highest BCUT2D eigenvalue weighted by molar-refractivity contribution is 7.92. The molecule has 0 atom stereocenters. The summed E-state index contributed by atoms with van der Waals surface area (Å²) < 4.78 is 34.2. The molecule has 0 fully saturated rings. The predicted molar refractivity (Wildman–Crippen MR) is 148 cm³/mol. The summed E-state index contributed by atoms with van der Waals surface area (Å²) in [4.78, 5) is 12.6. The molecule has 37 heavy (non-hydrogen) atoms. The Balaban J connectivity index is 1.51. The molecule has 190 valence electrons. The lowest BCUT2D eigenvalue weighted by atomic mass is 10.2. The van der Waals surface area contributed by atoms with E-state index in [2.05, 4.69) is 5.32 Å². The van der Waals surface area contributed by atoms with Gasteiger partial charge in [0.05, 0.1) is 17.1 Å². The number of nitrogens with zero attached hydrogens (tertiary/aromatic N) is 1. The third-order valence-electron chi connectivity index (χ3n) is 5.81. The number of rotatable bonds is 9. The van der Waals surface area contributed by atoms with Crippen molar-refractivity contribution in [3.05, 3.63) is 119 Å². The van der Waals surface area contributed by atoms with Crippen LogP contribution in [0.5, 0.6) is 5.75 Å². The molecule has 8 heteroatoms. The van der Waals surface area contributed by atoms with Crippen molar-refractivity contribution in [2.45, 2.75) is 25.3 Å². The van der Waals surface area contributed by atoms with Gasteiger partial charge in [-0.3, -0.25) is 9.10 Å². The second-order valence-electron chi connectivity index (χ2n) is 8.55. The highest BCUT2D eigenvalue weighted by atomic mass is 35.5. The van der Waals surface area contributed by atoms with Crippen molar-refractivity contribution < 1.29 is 17.9 Å². The second kappa shape index (κ2) is 11.5. The first-order chi connectivity index (χ1) is 17.7. The summed E-state index contributed by atoms with van der Waals surface area (Å²) in [5.41, 5.74) is 3.70. The van der Waals surface area contributed by atoms with E-state index in [1.54, 1.807) is 66.7 Å². The minimum Gasteiger partial charge on any atom is -0.484 e. The van der Waals surface area contributed by atoms with Gasteiger partial charge in [0.1, 0.15) is 5.75 Å². The maximum absolute atomic E-state index is 13.6. The first-order valence-corrected chi connectivity index (χ1v) is 13.5. The second-order valence-corrected chi connectivity index (χ2v) is 10.8. The number of carbonyl (C=O) groups excluding carboxylic acids is 1. The number of sulfonamides is 1. The van der Waals surface area contributed by atoms with Crippen LogP contribution in [0.25, 0.3) is 0 Å². The number of aryl methyl sites for hydroxylation is 1. The number of hydrogen-bond acceptors (Lipinski definition) is 4. The van der Waals surface area contributed by atoms with Crippen molar-refractivity contribution in [1.29, 1.82) is 0 Å². The van der Waals surface area contributed by atoms with Gasteiger partial charge in [-0.1, -0.05) is 65.7 Å². The van der Waals surface area contributed by atoms with Crippen LogP contribution in [-0.4, -0.2) is 20.9 Å². The largest absolute Gasteiger partial charge is 0.484 e. The predicted octanol–water partition coefficient (Wildman–Crippen LogP) is 6.37. The number of anilines is 2. The zero-order chi connectivity index (χ0) is 26.4. The van der Waals surface area contributed by atoms with Crippen molar-refractivity contribution in [3.8, 4) is 5.75 Å². The summed E-state index contributed by atoms with van der Waals surface area (Å²) in [6, 6.07) is 28.1.